The summed E-state index contributed by atoms with van der Waals surface area (Å²) in [6, 6.07) is 11.5. The molecule has 84 valence electrons. The first kappa shape index (κ1) is 11.0. The van der Waals surface area contributed by atoms with Crippen LogP contribution < -0.4 is 11.1 Å². The zero-order valence-corrected chi connectivity index (χ0v) is 9.44. The molecule has 2 aromatic rings. The van der Waals surface area contributed by atoms with Crippen LogP contribution in [0.4, 0.5) is 11.8 Å². The van der Waals surface area contributed by atoms with Crippen LogP contribution in [0, 0.1) is 11.8 Å². The molecular formula is C13H12N4. The Kier molecular flexibility index (Phi) is 3.22. The van der Waals surface area contributed by atoms with Crippen molar-refractivity contribution in [3.05, 3.63) is 47.7 Å². The van der Waals surface area contributed by atoms with E-state index in [9.17, 15) is 0 Å². The fourth-order valence-electron chi connectivity index (χ4n) is 1.32. The molecule has 0 fully saturated rings. The number of nitrogens with one attached hydrogen (secondary N) is 1. The summed E-state index contributed by atoms with van der Waals surface area (Å²) < 4.78 is 0. The molecule has 3 N–H and O–H groups in total. The van der Waals surface area contributed by atoms with E-state index in [2.05, 4.69) is 27.1 Å². The molecule has 0 aliphatic carbocycles. The summed E-state index contributed by atoms with van der Waals surface area (Å²) in [5, 5.41) is 2.91. The highest BCUT2D eigenvalue weighted by molar-refractivity contribution is 5.47. The van der Waals surface area contributed by atoms with Crippen LogP contribution in [0.1, 0.15) is 11.3 Å². The molecule has 1 aromatic heterocycles. The van der Waals surface area contributed by atoms with Crippen LogP contribution in [0.15, 0.2) is 36.4 Å². The molecule has 0 unspecified atom stereocenters. The fourth-order valence-corrected chi connectivity index (χ4v) is 1.32. The number of nitrogens with two attached hydrogens (primary N) is 1. The van der Waals surface area contributed by atoms with Crippen molar-refractivity contribution in [2.45, 2.75) is 0 Å². The van der Waals surface area contributed by atoms with Gasteiger partial charge in [0.15, 0.2) is 0 Å². The third-order valence-corrected chi connectivity index (χ3v) is 2.11. The molecule has 0 aliphatic rings. The molecule has 0 amide bonds. The number of hydrogen-bond donors (Lipinski definition) is 2. The van der Waals surface area contributed by atoms with Gasteiger partial charge < -0.3 is 11.1 Å². The molecule has 0 spiro atoms. The van der Waals surface area contributed by atoms with Gasteiger partial charge in [-0.2, -0.15) is 4.98 Å². The number of aromatic nitrogens is 2. The van der Waals surface area contributed by atoms with Crippen LogP contribution in [0.25, 0.3) is 0 Å². The smallest absolute Gasteiger partial charge is 0.223 e. The molecule has 1 heterocycles. The third kappa shape index (κ3) is 2.95. The Morgan fingerprint density at radius 1 is 1.12 bits per heavy atom. The molecule has 0 saturated heterocycles. The quantitative estimate of drug-likeness (QED) is 0.720. The van der Waals surface area contributed by atoms with Crippen molar-refractivity contribution in [1.29, 1.82) is 0 Å². The molecule has 4 heteroatoms. The average Bonchev–Trinajstić information content (AvgIpc) is 2.37. The highest BCUT2D eigenvalue weighted by atomic mass is 15.1. The van der Waals surface area contributed by atoms with Crippen molar-refractivity contribution >= 4 is 11.8 Å². The second-order valence-electron chi connectivity index (χ2n) is 3.36. The monoisotopic (exact) mass is 224 g/mol. The normalized spacial score (nSPS) is 9.24. The topological polar surface area (TPSA) is 63.8 Å². The van der Waals surface area contributed by atoms with E-state index >= 15 is 0 Å². The molecule has 0 radical (unpaired) electrons. The third-order valence-electron chi connectivity index (χ3n) is 2.11. The Morgan fingerprint density at radius 2 is 1.88 bits per heavy atom. The van der Waals surface area contributed by atoms with E-state index in [1.54, 1.807) is 13.1 Å². The zero-order chi connectivity index (χ0) is 12.1. The maximum absolute atomic E-state index is 5.57. The predicted octanol–water partition coefficient (Wildman–Crippen LogP) is 1.50. The van der Waals surface area contributed by atoms with Gasteiger partial charge in [0.1, 0.15) is 11.5 Å². The summed E-state index contributed by atoms with van der Waals surface area (Å²) >= 11 is 0. The first-order chi connectivity index (χ1) is 8.28. The summed E-state index contributed by atoms with van der Waals surface area (Å²) in [4.78, 5) is 8.05. The molecule has 0 aliphatic heterocycles. The van der Waals surface area contributed by atoms with E-state index in [1.807, 2.05) is 30.3 Å². The Morgan fingerprint density at radius 3 is 2.59 bits per heavy atom. The average molecular weight is 224 g/mol. The van der Waals surface area contributed by atoms with Crippen molar-refractivity contribution in [3.63, 3.8) is 0 Å². The minimum absolute atomic E-state index is 0.217. The standard InChI is InChI=1S/C13H12N4/c1-15-12-9-11(16-13(14)17-12)8-7-10-5-3-2-4-6-10/h2-6,9H,1H3,(H3,14,15,16,17). The van der Waals surface area contributed by atoms with Crippen molar-refractivity contribution in [2.24, 2.45) is 0 Å². The Hall–Kier alpha value is -2.54. The lowest BCUT2D eigenvalue weighted by atomic mass is 10.2. The second-order valence-corrected chi connectivity index (χ2v) is 3.36. The van der Waals surface area contributed by atoms with E-state index in [1.165, 1.54) is 0 Å². The Balaban J connectivity index is 2.31. The fraction of sp³-hybridized carbons (Fsp3) is 0.0769. The van der Waals surface area contributed by atoms with Crippen molar-refractivity contribution < 1.29 is 0 Å². The SMILES string of the molecule is CNc1cc(C#Cc2ccccc2)nc(N)n1. The molecule has 0 bridgehead atoms. The Labute approximate surface area is 99.9 Å². The van der Waals surface area contributed by atoms with Crippen molar-refractivity contribution in [3.8, 4) is 11.8 Å². The molecule has 2 rings (SSSR count). The molecule has 17 heavy (non-hydrogen) atoms. The van der Waals surface area contributed by atoms with Crippen molar-refractivity contribution in [1.82, 2.24) is 9.97 Å². The largest absolute Gasteiger partial charge is 0.373 e. The molecule has 0 atom stereocenters. The van der Waals surface area contributed by atoms with Gasteiger partial charge in [-0.3, -0.25) is 0 Å². The van der Waals surface area contributed by atoms with Crippen molar-refractivity contribution in [2.75, 3.05) is 18.1 Å². The van der Waals surface area contributed by atoms with Crippen LogP contribution in [-0.2, 0) is 0 Å². The summed E-state index contributed by atoms with van der Waals surface area (Å²) in [5.74, 6) is 6.85. The first-order valence-electron chi connectivity index (χ1n) is 5.17. The maximum atomic E-state index is 5.57. The number of anilines is 2. The lowest BCUT2D eigenvalue weighted by Gasteiger charge is -2.00. The predicted molar refractivity (Wildman–Crippen MR) is 68.4 cm³/mol. The number of rotatable bonds is 1. The van der Waals surface area contributed by atoms with Gasteiger partial charge in [-0.15, -0.1) is 0 Å². The zero-order valence-electron chi connectivity index (χ0n) is 9.44. The maximum Gasteiger partial charge on any atom is 0.223 e. The second kappa shape index (κ2) is 4.99. The summed E-state index contributed by atoms with van der Waals surface area (Å²) in [6.07, 6.45) is 0. The lowest BCUT2D eigenvalue weighted by Crippen LogP contribution is -2.01. The highest BCUT2D eigenvalue weighted by Crippen LogP contribution is 2.06. The van der Waals surface area contributed by atoms with Gasteiger partial charge in [0, 0.05) is 18.7 Å². The molecular weight excluding hydrogens is 212 g/mol. The van der Waals surface area contributed by atoms with Crippen LogP contribution in [-0.4, -0.2) is 17.0 Å². The number of nitrogens with zero attached hydrogens (tertiary/aromatic N) is 2. The van der Waals surface area contributed by atoms with E-state index in [4.69, 9.17) is 5.73 Å². The van der Waals surface area contributed by atoms with E-state index in [0.717, 1.165) is 5.56 Å². The summed E-state index contributed by atoms with van der Waals surface area (Å²) in [6.45, 7) is 0. The minimum atomic E-state index is 0.217. The lowest BCUT2D eigenvalue weighted by molar-refractivity contribution is 1.16. The van der Waals surface area contributed by atoms with E-state index in [-0.39, 0.29) is 5.95 Å². The summed E-state index contributed by atoms with van der Waals surface area (Å²) in [5.41, 5.74) is 7.12. The number of hydrogen-bond acceptors (Lipinski definition) is 4. The summed E-state index contributed by atoms with van der Waals surface area (Å²) in [7, 11) is 1.77. The molecule has 0 saturated carbocycles. The van der Waals surface area contributed by atoms with Gasteiger partial charge in [0.05, 0.1) is 0 Å². The van der Waals surface area contributed by atoms with Gasteiger partial charge in [0.25, 0.3) is 0 Å². The van der Waals surface area contributed by atoms with Crippen LogP contribution >= 0.6 is 0 Å². The van der Waals surface area contributed by atoms with Gasteiger partial charge in [-0.05, 0) is 18.1 Å². The highest BCUT2D eigenvalue weighted by Gasteiger charge is 1.97. The van der Waals surface area contributed by atoms with Gasteiger partial charge in [-0.25, -0.2) is 4.98 Å². The van der Waals surface area contributed by atoms with Gasteiger partial charge in [0.2, 0.25) is 5.95 Å². The number of benzene rings is 1. The number of nitrogen functional groups attached to an aromatic ring is 1. The molecule has 4 nitrogen and oxygen atoms in total. The molecule has 1 aromatic carbocycles. The minimum Gasteiger partial charge on any atom is -0.373 e. The van der Waals surface area contributed by atoms with Gasteiger partial charge >= 0.3 is 0 Å². The van der Waals surface area contributed by atoms with Gasteiger partial charge in [-0.1, -0.05) is 24.1 Å². The first-order valence-corrected chi connectivity index (χ1v) is 5.17. The van der Waals surface area contributed by atoms with E-state index in [0.29, 0.717) is 11.5 Å². The van der Waals surface area contributed by atoms with Crippen LogP contribution in [0.5, 0.6) is 0 Å². The Bertz CT molecular complexity index is 567. The van der Waals surface area contributed by atoms with E-state index < -0.39 is 0 Å². The van der Waals surface area contributed by atoms with Crippen LogP contribution in [0.3, 0.4) is 0 Å². The van der Waals surface area contributed by atoms with Crippen LogP contribution in [0.2, 0.25) is 0 Å².